The summed E-state index contributed by atoms with van der Waals surface area (Å²) in [6, 6.07) is 13.9. The number of nitrogens with two attached hydrogens (primary N) is 1. The number of amides is 1. The van der Waals surface area contributed by atoms with Crippen molar-refractivity contribution in [2.45, 2.75) is 13.8 Å². The average molecular weight is 307 g/mol. The Morgan fingerprint density at radius 2 is 1.76 bits per heavy atom. The maximum absolute atomic E-state index is 12.5. The maximum Gasteiger partial charge on any atom is 0.253 e. The van der Waals surface area contributed by atoms with Gasteiger partial charge in [0, 0.05) is 19.2 Å². The molecule has 2 aromatic carbocycles. The van der Waals surface area contributed by atoms with Crippen LogP contribution < -0.4 is 5.73 Å². The summed E-state index contributed by atoms with van der Waals surface area (Å²) in [5, 5.41) is 2.24. The molecular formula is C17H23ClN2O. The molecule has 114 valence electrons. The Morgan fingerprint density at radius 1 is 1.14 bits per heavy atom. The molecule has 2 rings (SSSR count). The summed E-state index contributed by atoms with van der Waals surface area (Å²) in [6.45, 7) is 5.34. The molecule has 1 amide bonds. The van der Waals surface area contributed by atoms with Gasteiger partial charge in [-0.2, -0.15) is 0 Å². The lowest BCUT2D eigenvalue weighted by molar-refractivity contribution is 0.0740. The lowest BCUT2D eigenvalue weighted by Gasteiger charge is -2.29. The number of carbonyl (C=O) groups excluding carboxylic acids is 1. The number of fused-ring (bicyclic) bond motifs is 1. The molecule has 0 aliphatic carbocycles. The second-order valence-electron chi connectivity index (χ2n) is 6.09. The van der Waals surface area contributed by atoms with Crippen molar-refractivity contribution >= 4 is 29.1 Å². The fraction of sp³-hybridized carbons (Fsp3) is 0.353. The van der Waals surface area contributed by atoms with Gasteiger partial charge in [0.1, 0.15) is 0 Å². The van der Waals surface area contributed by atoms with Gasteiger partial charge in [-0.05, 0) is 34.9 Å². The molecule has 0 saturated carbocycles. The van der Waals surface area contributed by atoms with E-state index in [-0.39, 0.29) is 23.7 Å². The van der Waals surface area contributed by atoms with Gasteiger partial charge in [-0.15, -0.1) is 12.4 Å². The van der Waals surface area contributed by atoms with Crippen molar-refractivity contribution in [3.05, 3.63) is 48.0 Å². The van der Waals surface area contributed by atoms with Crippen LogP contribution in [0.3, 0.4) is 0 Å². The van der Waals surface area contributed by atoms with E-state index in [4.69, 9.17) is 5.73 Å². The Morgan fingerprint density at radius 3 is 2.38 bits per heavy atom. The number of nitrogens with zero attached hydrogens (tertiary/aromatic N) is 1. The summed E-state index contributed by atoms with van der Waals surface area (Å²) in [6.07, 6.45) is 0. The molecule has 0 bridgehead atoms. The van der Waals surface area contributed by atoms with Crippen molar-refractivity contribution in [2.75, 3.05) is 20.1 Å². The van der Waals surface area contributed by atoms with Crippen molar-refractivity contribution in [3.8, 4) is 0 Å². The van der Waals surface area contributed by atoms with Crippen LogP contribution in [-0.2, 0) is 0 Å². The van der Waals surface area contributed by atoms with Crippen molar-refractivity contribution in [1.82, 2.24) is 4.90 Å². The van der Waals surface area contributed by atoms with Gasteiger partial charge < -0.3 is 10.6 Å². The van der Waals surface area contributed by atoms with E-state index in [9.17, 15) is 4.79 Å². The standard InChI is InChI=1S/C17H22N2O.ClH/c1-17(2,11-18)12-19(3)16(20)15-9-8-13-6-4-5-7-14(13)10-15;/h4-10H,11-12,18H2,1-3H3;1H. The monoisotopic (exact) mass is 306 g/mol. The molecule has 0 radical (unpaired) electrons. The van der Waals surface area contributed by atoms with E-state index in [1.807, 2.05) is 49.5 Å². The van der Waals surface area contributed by atoms with E-state index in [2.05, 4.69) is 13.8 Å². The highest BCUT2D eigenvalue weighted by atomic mass is 35.5. The van der Waals surface area contributed by atoms with Gasteiger partial charge in [-0.1, -0.05) is 44.2 Å². The van der Waals surface area contributed by atoms with Crippen LogP contribution in [0, 0.1) is 5.41 Å². The van der Waals surface area contributed by atoms with Gasteiger partial charge in [0.15, 0.2) is 0 Å². The molecular weight excluding hydrogens is 284 g/mol. The summed E-state index contributed by atoms with van der Waals surface area (Å²) >= 11 is 0. The smallest absolute Gasteiger partial charge is 0.253 e. The van der Waals surface area contributed by atoms with E-state index < -0.39 is 0 Å². The van der Waals surface area contributed by atoms with Gasteiger partial charge in [0.2, 0.25) is 0 Å². The predicted molar refractivity (Wildman–Crippen MR) is 91.0 cm³/mol. The zero-order valence-electron chi connectivity index (χ0n) is 12.8. The molecule has 0 unspecified atom stereocenters. The van der Waals surface area contributed by atoms with Gasteiger partial charge in [0.05, 0.1) is 0 Å². The molecule has 21 heavy (non-hydrogen) atoms. The van der Waals surface area contributed by atoms with Crippen LogP contribution in [0.4, 0.5) is 0 Å². The first-order valence-electron chi connectivity index (χ1n) is 6.87. The van der Waals surface area contributed by atoms with Gasteiger partial charge in [0.25, 0.3) is 5.91 Å². The van der Waals surface area contributed by atoms with E-state index in [1.54, 1.807) is 4.90 Å². The lowest BCUT2D eigenvalue weighted by atomic mass is 9.93. The second-order valence-corrected chi connectivity index (χ2v) is 6.09. The van der Waals surface area contributed by atoms with Crippen LogP contribution in [0.5, 0.6) is 0 Å². The first-order chi connectivity index (χ1) is 9.43. The number of rotatable bonds is 4. The fourth-order valence-corrected chi connectivity index (χ4v) is 2.32. The minimum Gasteiger partial charge on any atom is -0.341 e. The average Bonchev–Trinajstić information content (AvgIpc) is 2.45. The molecule has 0 aliphatic rings. The molecule has 0 aliphatic heterocycles. The zero-order valence-corrected chi connectivity index (χ0v) is 13.6. The first kappa shape index (κ1) is 17.5. The lowest BCUT2D eigenvalue weighted by Crippen LogP contribution is -2.39. The Hall–Kier alpha value is -1.58. The molecule has 0 heterocycles. The Balaban J connectivity index is 0.00000220. The summed E-state index contributed by atoms with van der Waals surface area (Å²) in [5.74, 6) is 0.0391. The van der Waals surface area contributed by atoms with Crippen LogP contribution in [-0.4, -0.2) is 30.9 Å². The number of benzene rings is 2. The number of hydrogen-bond donors (Lipinski definition) is 1. The molecule has 3 nitrogen and oxygen atoms in total. The molecule has 0 atom stereocenters. The molecule has 0 saturated heterocycles. The van der Waals surface area contributed by atoms with E-state index in [0.717, 1.165) is 16.3 Å². The third-order valence-corrected chi connectivity index (χ3v) is 3.56. The number of halogens is 1. The summed E-state index contributed by atoms with van der Waals surface area (Å²) in [4.78, 5) is 14.2. The molecule has 2 aromatic rings. The number of hydrogen-bond acceptors (Lipinski definition) is 2. The highest BCUT2D eigenvalue weighted by Gasteiger charge is 2.21. The molecule has 2 N–H and O–H groups in total. The molecule has 0 aromatic heterocycles. The van der Waals surface area contributed by atoms with E-state index in [0.29, 0.717) is 13.1 Å². The largest absolute Gasteiger partial charge is 0.341 e. The Bertz CT molecular complexity index is 625. The van der Waals surface area contributed by atoms with Crippen LogP contribution in [0.1, 0.15) is 24.2 Å². The van der Waals surface area contributed by atoms with E-state index in [1.165, 1.54) is 0 Å². The number of carbonyl (C=O) groups is 1. The third-order valence-electron chi connectivity index (χ3n) is 3.56. The van der Waals surface area contributed by atoms with Gasteiger partial charge in [-0.3, -0.25) is 4.79 Å². The summed E-state index contributed by atoms with van der Waals surface area (Å²) < 4.78 is 0. The van der Waals surface area contributed by atoms with Crippen LogP contribution in [0.25, 0.3) is 10.8 Å². The minimum atomic E-state index is -0.0682. The highest BCUT2D eigenvalue weighted by Crippen LogP contribution is 2.19. The third kappa shape index (κ3) is 4.19. The minimum absolute atomic E-state index is 0. The van der Waals surface area contributed by atoms with Crippen molar-refractivity contribution in [2.24, 2.45) is 11.1 Å². The van der Waals surface area contributed by atoms with Crippen molar-refractivity contribution in [3.63, 3.8) is 0 Å². The summed E-state index contributed by atoms with van der Waals surface area (Å²) in [7, 11) is 1.83. The fourth-order valence-electron chi connectivity index (χ4n) is 2.32. The zero-order chi connectivity index (χ0) is 14.8. The summed E-state index contributed by atoms with van der Waals surface area (Å²) in [5.41, 5.74) is 6.38. The van der Waals surface area contributed by atoms with Crippen molar-refractivity contribution < 1.29 is 4.79 Å². The van der Waals surface area contributed by atoms with Gasteiger partial charge in [-0.25, -0.2) is 0 Å². The SMILES string of the molecule is CN(CC(C)(C)CN)C(=O)c1ccc2ccccc2c1.Cl. The molecule has 0 spiro atoms. The quantitative estimate of drug-likeness (QED) is 0.942. The predicted octanol–water partition coefficient (Wildman–Crippen LogP) is 3.32. The van der Waals surface area contributed by atoms with E-state index >= 15 is 0 Å². The Labute approximate surface area is 132 Å². The van der Waals surface area contributed by atoms with Crippen molar-refractivity contribution in [1.29, 1.82) is 0 Å². The Kier molecular flexibility index (Phi) is 5.76. The topological polar surface area (TPSA) is 46.3 Å². The van der Waals surface area contributed by atoms with Crippen LogP contribution >= 0.6 is 12.4 Å². The maximum atomic E-state index is 12.5. The second kappa shape index (κ2) is 6.92. The molecule has 4 heteroatoms. The van der Waals surface area contributed by atoms with Crippen LogP contribution in [0.2, 0.25) is 0 Å². The highest BCUT2D eigenvalue weighted by molar-refractivity contribution is 5.98. The molecule has 0 fully saturated rings. The normalized spacial score (nSPS) is 11.0. The first-order valence-corrected chi connectivity index (χ1v) is 6.87. The van der Waals surface area contributed by atoms with Crippen LogP contribution in [0.15, 0.2) is 42.5 Å². The van der Waals surface area contributed by atoms with Gasteiger partial charge >= 0.3 is 0 Å².